The summed E-state index contributed by atoms with van der Waals surface area (Å²) in [7, 11) is 1.36. The summed E-state index contributed by atoms with van der Waals surface area (Å²) in [5.41, 5.74) is 0.680. The number of ether oxygens (including phenoxy) is 2. The van der Waals surface area contributed by atoms with Crippen molar-refractivity contribution in [2.45, 2.75) is 13.8 Å². The molecule has 0 spiro atoms. The Morgan fingerprint density at radius 2 is 1.96 bits per heavy atom. The third-order valence-corrected chi connectivity index (χ3v) is 4.01. The second-order valence-electron chi connectivity index (χ2n) is 5.47. The van der Waals surface area contributed by atoms with E-state index in [-0.39, 0.29) is 39.9 Å². The number of nitro benzene ring substituents is 1. The predicted octanol–water partition coefficient (Wildman–Crippen LogP) is 3.99. The fourth-order valence-corrected chi connectivity index (χ4v) is 2.54. The van der Waals surface area contributed by atoms with Crippen LogP contribution in [0.15, 0.2) is 30.3 Å². The van der Waals surface area contributed by atoms with Gasteiger partial charge in [0, 0.05) is 23.3 Å². The second kappa shape index (κ2) is 8.50. The van der Waals surface area contributed by atoms with Gasteiger partial charge in [0.2, 0.25) is 0 Å². The monoisotopic (exact) mass is 392 g/mol. The van der Waals surface area contributed by atoms with Gasteiger partial charge in [0.15, 0.2) is 0 Å². The Balaban J connectivity index is 2.34. The van der Waals surface area contributed by atoms with Crippen LogP contribution in [-0.4, -0.2) is 30.5 Å². The van der Waals surface area contributed by atoms with Crippen molar-refractivity contribution in [3.05, 3.63) is 62.2 Å². The number of hydrogen-bond acceptors (Lipinski definition) is 6. The first-order valence-corrected chi connectivity index (χ1v) is 8.27. The summed E-state index contributed by atoms with van der Waals surface area (Å²) in [6.07, 6.45) is 0. The lowest BCUT2D eigenvalue weighted by Gasteiger charge is -2.13. The molecule has 0 saturated carbocycles. The fraction of sp³-hybridized carbons (Fsp3) is 0.222. The van der Waals surface area contributed by atoms with Gasteiger partial charge in [-0.3, -0.25) is 14.9 Å². The maximum absolute atomic E-state index is 12.4. The Labute approximate surface area is 160 Å². The van der Waals surface area contributed by atoms with E-state index in [1.807, 2.05) is 0 Å². The van der Waals surface area contributed by atoms with Crippen LogP contribution in [0.3, 0.4) is 0 Å². The number of hydrogen-bond donors (Lipinski definition) is 1. The fourth-order valence-electron chi connectivity index (χ4n) is 2.33. The van der Waals surface area contributed by atoms with Crippen molar-refractivity contribution in [3.63, 3.8) is 0 Å². The molecule has 142 valence electrons. The molecule has 0 atom stereocenters. The highest BCUT2D eigenvalue weighted by molar-refractivity contribution is 6.34. The van der Waals surface area contributed by atoms with Crippen LogP contribution in [0, 0.1) is 17.0 Å². The smallest absolute Gasteiger partial charge is 0.341 e. The van der Waals surface area contributed by atoms with E-state index in [0.29, 0.717) is 5.56 Å². The Bertz CT molecular complexity index is 913. The molecule has 8 nitrogen and oxygen atoms in total. The van der Waals surface area contributed by atoms with Gasteiger partial charge in [-0.2, -0.15) is 0 Å². The number of carbonyl (C=O) groups excluding carboxylic acids is 2. The quantitative estimate of drug-likeness (QED) is 0.452. The van der Waals surface area contributed by atoms with Crippen molar-refractivity contribution in [1.29, 1.82) is 0 Å². The van der Waals surface area contributed by atoms with E-state index in [1.165, 1.54) is 37.4 Å². The van der Waals surface area contributed by atoms with E-state index in [2.05, 4.69) is 5.32 Å². The number of rotatable bonds is 6. The average molecular weight is 393 g/mol. The van der Waals surface area contributed by atoms with Gasteiger partial charge in [0.1, 0.15) is 11.3 Å². The predicted molar refractivity (Wildman–Crippen MR) is 99.7 cm³/mol. The number of benzene rings is 2. The normalized spacial score (nSPS) is 10.2. The topological polar surface area (TPSA) is 108 Å². The Morgan fingerprint density at radius 3 is 2.56 bits per heavy atom. The number of methoxy groups -OCH3 is 1. The SMILES string of the molecule is CCOC(=O)c1cc(Cl)c(NC(=O)c2ccc(C)c([N+](=O)[O-])c2)cc1OC. The van der Waals surface area contributed by atoms with Crippen molar-refractivity contribution >= 4 is 34.9 Å². The van der Waals surface area contributed by atoms with Gasteiger partial charge >= 0.3 is 5.97 Å². The van der Waals surface area contributed by atoms with E-state index >= 15 is 0 Å². The lowest BCUT2D eigenvalue weighted by Crippen LogP contribution is -2.14. The third kappa shape index (κ3) is 4.53. The van der Waals surface area contributed by atoms with Crippen molar-refractivity contribution in [1.82, 2.24) is 0 Å². The van der Waals surface area contributed by atoms with Crippen LogP contribution >= 0.6 is 11.6 Å². The molecule has 0 heterocycles. The van der Waals surface area contributed by atoms with Gasteiger partial charge in [0.25, 0.3) is 11.6 Å². The Kier molecular flexibility index (Phi) is 6.36. The number of aryl methyl sites for hydroxylation is 1. The number of nitrogens with zero attached hydrogens (tertiary/aromatic N) is 1. The number of nitro groups is 1. The molecule has 0 aliphatic rings. The first-order chi connectivity index (χ1) is 12.8. The largest absolute Gasteiger partial charge is 0.496 e. The molecule has 0 aromatic heterocycles. The molecule has 2 aromatic carbocycles. The van der Waals surface area contributed by atoms with Crippen LogP contribution in [0.1, 0.15) is 33.2 Å². The molecule has 1 N–H and O–H groups in total. The van der Waals surface area contributed by atoms with Crippen molar-refractivity contribution in [2.24, 2.45) is 0 Å². The summed E-state index contributed by atoms with van der Waals surface area (Å²) < 4.78 is 10.1. The highest BCUT2D eigenvalue weighted by Crippen LogP contribution is 2.32. The number of esters is 1. The first kappa shape index (κ1) is 20.2. The Morgan fingerprint density at radius 1 is 1.26 bits per heavy atom. The summed E-state index contributed by atoms with van der Waals surface area (Å²) in [5, 5.41) is 13.7. The zero-order valence-corrected chi connectivity index (χ0v) is 15.6. The van der Waals surface area contributed by atoms with Crippen LogP contribution in [0.5, 0.6) is 5.75 Å². The van der Waals surface area contributed by atoms with E-state index in [0.717, 1.165) is 0 Å². The average Bonchev–Trinajstić information content (AvgIpc) is 2.63. The summed E-state index contributed by atoms with van der Waals surface area (Å²) in [4.78, 5) is 34.9. The van der Waals surface area contributed by atoms with Crippen molar-refractivity contribution in [2.75, 3.05) is 19.0 Å². The van der Waals surface area contributed by atoms with E-state index in [9.17, 15) is 19.7 Å². The molecular formula is C18H17ClN2O6. The van der Waals surface area contributed by atoms with Crippen molar-refractivity contribution < 1.29 is 24.0 Å². The first-order valence-electron chi connectivity index (χ1n) is 7.89. The zero-order chi connectivity index (χ0) is 20.1. The standard InChI is InChI=1S/C18H17ClN2O6/c1-4-27-18(23)12-8-13(19)14(9-16(12)26-3)20-17(22)11-6-5-10(2)15(7-11)21(24)25/h5-9H,4H2,1-3H3,(H,20,22). The van der Waals surface area contributed by atoms with Crippen LogP contribution in [0.25, 0.3) is 0 Å². The van der Waals surface area contributed by atoms with Crippen molar-refractivity contribution in [3.8, 4) is 5.75 Å². The van der Waals surface area contributed by atoms with Gasteiger partial charge in [-0.25, -0.2) is 4.79 Å². The molecule has 2 rings (SSSR count). The highest BCUT2D eigenvalue weighted by Gasteiger charge is 2.20. The number of nitrogens with one attached hydrogen (secondary N) is 1. The lowest BCUT2D eigenvalue weighted by atomic mass is 10.1. The van der Waals surface area contributed by atoms with Gasteiger partial charge in [-0.15, -0.1) is 0 Å². The van der Waals surface area contributed by atoms with Gasteiger partial charge in [-0.1, -0.05) is 17.7 Å². The number of anilines is 1. The van der Waals surface area contributed by atoms with E-state index in [4.69, 9.17) is 21.1 Å². The van der Waals surface area contributed by atoms with Gasteiger partial charge in [-0.05, 0) is 26.0 Å². The Hall–Kier alpha value is -3.13. The summed E-state index contributed by atoms with van der Waals surface area (Å²) in [6, 6.07) is 6.85. The zero-order valence-electron chi connectivity index (χ0n) is 14.9. The maximum atomic E-state index is 12.4. The minimum atomic E-state index is -0.608. The van der Waals surface area contributed by atoms with E-state index in [1.54, 1.807) is 13.8 Å². The van der Waals surface area contributed by atoms with Crippen LogP contribution in [-0.2, 0) is 4.74 Å². The van der Waals surface area contributed by atoms with Gasteiger partial charge < -0.3 is 14.8 Å². The molecule has 0 radical (unpaired) electrons. The molecule has 0 aliphatic heterocycles. The summed E-state index contributed by atoms with van der Waals surface area (Å²) >= 11 is 6.15. The van der Waals surface area contributed by atoms with Crippen LogP contribution in [0.4, 0.5) is 11.4 Å². The third-order valence-electron chi connectivity index (χ3n) is 3.70. The molecule has 2 aromatic rings. The van der Waals surface area contributed by atoms with Gasteiger partial charge in [0.05, 0.1) is 29.4 Å². The molecular weight excluding hydrogens is 376 g/mol. The molecule has 9 heteroatoms. The molecule has 0 fully saturated rings. The second-order valence-corrected chi connectivity index (χ2v) is 5.87. The summed E-state index contributed by atoms with van der Waals surface area (Å²) in [6.45, 7) is 3.43. The lowest BCUT2D eigenvalue weighted by molar-refractivity contribution is -0.385. The number of amides is 1. The maximum Gasteiger partial charge on any atom is 0.341 e. The minimum Gasteiger partial charge on any atom is -0.496 e. The minimum absolute atomic E-state index is 0.0915. The molecule has 0 bridgehead atoms. The molecule has 1 amide bonds. The molecule has 27 heavy (non-hydrogen) atoms. The number of halogens is 1. The highest BCUT2D eigenvalue weighted by atomic mass is 35.5. The van der Waals surface area contributed by atoms with E-state index < -0.39 is 16.8 Å². The molecule has 0 aliphatic carbocycles. The summed E-state index contributed by atoms with van der Waals surface area (Å²) in [5.74, 6) is -1.03. The molecule has 0 unspecified atom stereocenters. The number of carbonyl (C=O) groups is 2. The molecule has 0 saturated heterocycles. The van der Waals surface area contributed by atoms with Crippen LogP contribution in [0.2, 0.25) is 5.02 Å². The van der Waals surface area contributed by atoms with Crippen LogP contribution < -0.4 is 10.1 Å².